The second-order valence-corrected chi connectivity index (χ2v) is 6.87. The lowest BCUT2D eigenvalue weighted by Crippen LogP contribution is -2.28. The van der Waals surface area contributed by atoms with Gasteiger partial charge in [-0.15, -0.1) is 0 Å². The molecular weight excluding hydrogens is 356 g/mol. The van der Waals surface area contributed by atoms with Gasteiger partial charge in [-0.25, -0.2) is 0 Å². The molecule has 1 atom stereocenters. The van der Waals surface area contributed by atoms with Crippen LogP contribution < -0.4 is 15.0 Å². The molecule has 2 aromatic carbocycles. The third kappa shape index (κ3) is 4.57. The molecule has 0 spiro atoms. The zero-order valence-electron chi connectivity index (χ0n) is 16.1. The molecule has 0 bridgehead atoms. The Hall–Kier alpha value is -3.15. The Morgan fingerprint density at radius 1 is 1.18 bits per heavy atom. The molecule has 0 saturated carbocycles. The van der Waals surface area contributed by atoms with Crippen LogP contribution >= 0.6 is 0 Å². The molecule has 3 rings (SSSR count). The third-order valence-corrected chi connectivity index (χ3v) is 4.65. The first kappa shape index (κ1) is 19.6. The molecule has 1 fully saturated rings. The molecule has 0 unspecified atom stereocenters. The molecule has 6 heteroatoms. The molecular formula is C22H24N2O4. The number of hydrogen-bond acceptors (Lipinski definition) is 4. The van der Waals surface area contributed by atoms with Gasteiger partial charge in [0.1, 0.15) is 5.75 Å². The van der Waals surface area contributed by atoms with E-state index in [1.54, 1.807) is 29.2 Å². The molecule has 1 saturated heterocycles. The molecule has 0 aliphatic carbocycles. The maximum absolute atomic E-state index is 12.6. The van der Waals surface area contributed by atoms with Crippen LogP contribution in [0.25, 0.3) is 0 Å². The van der Waals surface area contributed by atoms with E-state index in [4.69, 9.17) is 4.74 Å². The first-order valence-electron chi connectivity index (χ1n) is 9.43. The van der Waals surface area contributed by atoms with Crippen LogP contribution in [0.3, 0.4) is 0 Å². The fourth-order valence-electron chi connectivity index (χ4n) is 3.14. The van der Waals surface area contributed by atoms with Gasteiger partial charge in [0.15, 0.2) is 5.78 Å². The van der Waals surface area contributed by atoms with Gasteiger partial charge in [-0.3, -0.25) is 14.4 Å². The SMILES string of the molecule is CCCOc1ccc(N2C[C@H](C(=O)Nc3cccc(C(C)=O)c3)CC2=O)cc1. The van der Waals surface area contributed by atoms with E-state index in [0.717, 1.165) is 17.9 Å². The normalized spacial score (nSPS) is 16.1. The standard InChI is InChI=1S/C22H24N2O4/c1-3-11-28-20-9-7-19(8-10-20)24-14-17(13-21(24)26)22(27)23-18-6-4-5-16(12-18)15(2)25/h4-10,12,17H,3,11,13-14H2,1-2H3,(H,23,27)/t17-/m1/s1. The smallest absolute Gasteiger partial charge is 0.229 e. The average molecular weight is 380 g/mol. The summed E-state index contributed by atoms with van der Waals surface area (Å²) in [5.74, 6) is -0.0506. The molecule has 1 aliphatic rings. The Morgan fingerprint density at radius 2 is 1.93 bits per heavy atom. The first-order chi connectivity index (χ1) is 13.5. The number of anilines is 2. The predicted octanol–water partition coefficient (Wildman–Crippen LogP) is 3.67. The van der Waals surface area contributed by atoms with E-state index in [0.29, 0.717) is 24.4 Å². The van der Waals surface area contributed by atoms with E-state index < -0.39 is 5.92 Å². The highest BCUT2D eigenvalue weighted by molar-refractivity contribution is 6.04. The summed E-state index contributed by atoms with van der Waals surface area (Å²) in [6.45, 7) is 4.49. The van der Waals surface area contributed by atoms with E-state index in [-0.39, 0.29) is 24.0 Å². The van der Waals surface area contributed by atoms with Crippen LogP contribution in [0.2, 0.25) is 0 Å². The summed E-state index contributed by atoms with van der Waals surface area (Å²) in [6, 6.07) is 14.1. The number of rotatable bonds is 7. The molecule has 1 N–H and O–H groups in total. The van der Waals surface area contributed by atoms with Gasteiger partial charge in [0.2, 0.25) is 11.8 Å². The van der Waals surface area contributed by atoms with Crippen LogP contribution in [0, 0.1) is 5.92 Å². The number of hydrogen-bond donors (Lipinski definition) is 1. The minimum absolute atomic E-state index is 0.0651. The third-order valence-electron chi connectivity index (χ3n) is 4.65. The van der Waals surface area contributed by atoms with Gasteiger partial charge in [-0.2, -0.15) is 0 Å². The number of carbonyl (C=O) groups excluding carboxylic acids is 3. The molecule has 6 nitrogen and oxygen atoms in total. The Kier molecular flexibility index (Phi) is 6.09. The lowest BCUT2D eigenvalue weighted by atomic mass is 10.1. The molecule has 1 aliphatic heterocycles. The molecule has 0 aromatic heterocycles. The van der Waals surface area contributed by atoms with Crippen molar-refractivity contribution in [3.63, 3.8) is 0 Å². The average Bonchev–Trinajstić information content (AvgIpc) is 3.09. The molecule has 28 heavy (non-hydrogen) atoms. The summed E-state index contributed by atoms with van der Waals surface area (Å²) < 4.78 is 5.56. The van der Waals surface area contributed by atoms with Crippen molar-refractivity contribution in [3.05, 3.63) is 54.1 Å². The summed E-state index contributed by atoms with van der Waals surface area (Å²) in [6.07, 6.45) is 1.09. The number of nitrogens with zero attached hydrogens (tertiary/aromatic N) is 1. The Morgan fingerprint density at radius 3 is 2.61 bits per heavy atom. The number of ether oxygens (including phenoxy) is 1. The number of nitrogens with one attached hydrogen (secondary N) is 1. The fourth-order valence-corrected chi connectivity index (χ4v) is 3.14. The number of Topliss-reactive ketones (excluding diaryl/α,β-unsaturated/α-hetero) is 1. The number of ketones is 1. The quantitative estimate of drug-likeness (QED) is 0.744. The van der Waals surface area contributed by atoms with Crippen LogP contribution in [0.5, 0.6) is 5.75 Å². The Labute approximate surface area is 164 Å². The first-order valence-corrected chi connectivity index (χ1v) is 9.43. The maximum atomic E-state index is 12.6. The van der Waals surface area contributed by atoms with Crippen LogP contribution in [0.15, 0.2) is 48.5 Å². The lowest BCUT2D eigenvalue weighted by Gasteiger charge is -2.17. The number of carbonyl (C=O) groups is 3. The van der Waals surface area contributed by atoms with Gasteiger partial charge < -0.3 is 15.0 Å². The predicted molar refractivity (Wildman–Crippen MR) is 108 cm³/mol. The summed E-state index contributed by atoms with van der Waals surface area (Å²) in [5, 5.41) is 2.81. The molecule has 1 heterocycles. The van der Waals surface area contributed by atoms with Crippen LogP contribution in [0.1, 0.15) is 37.0 Å². The monoisotopic (exact) mass is 380 g/mol. The van der Waals surface area contributed by atoms with Crippen molar-refractivity contribution in [2.24, 2.45) is 5.92 Å². The van der Waals surface area contributed by atoms with Crippen molar-refractivity contribution in [2.45, 2.75) is 26.7 Å². The van der Waals surface area contributed by atoms with Crippen molar-refractivity contribution >= 4 is 29.0 Å². The molecule has 2 amide bonds. The Bertz CT molecular complexity index is 876. The van der Waals surface area contributed by atoms with Crippen molar-refractivity contribution in [1.82, 2.24) is 0 Å². The van der Waals surface area contributed by atoms with Gasteiger partial charge in [0, 0.05) is 29.9 Å². The highest BCUT2D eigenvalue weighted by atomic mass is 16.5. The number of amides is 2. The Balaban J connectivity index is 1.64. The minimum atomic E-state index is -0.440. The van der Waals surface area contributed by atoms with Crippen LogP contribution in [-0.4, -0.2) is 30.7 Å². The van der Waals surface area contributed by atoms with Gasteiger partial charge in [-0.1, -0.05) is 19.1 Å². The zero-order chi connectivity index (χ0) is 20.1. The maximum Gasteiger partial charge on any atom is 0.229 e. The minimum Gasteiger partial charge on any atom is -0.494 e. The van der Waals surface area contributed by atoms with E-state index in [1.165, 1.54) is 6.92 Å². The van der Waals surface area contributed by atoms with Crippen molar-refractivity contribution in [3.8, 4) is 5.75 Å². The zero-order valence-corrected chi connectivity index (χ0v) is 16.1. The topological polar surface area (TPSA) is 75.7 Å². The summed E-state index contributed by atoms with van der Waals surface area (Å²) >= 11 is 0. The van der Waals surface area contributed by atoms with Crippen LogP contribution in [-0.2, 0) is 9.59 Å². The second kappa shape index (κ2) is 8.69. The summed E-state index contributed by atoms with van der Waals surface area (Å²) in [5.41, 5.74) is 1.84. The highest BCUT2D eigenvalue weighted by Crippen LogP contribution is 2.28. The lowest BCUT2D eigenvalue weighted by molar-refractivity contribution is -0.122. The summed E-state index contributed by atoms with van der Waals surface area (Å²) in [7, 11) is 0. The van der Waals surface area contributed by atoms with Crippen molar-refractivity contribution in [1.29, 1.82) is 0 Å². The van der Waals surface area contributed by atoms with Gasteiger partial charge in [0.05, 0.1) is 12.5 Å². The highest BCUT2D eigenvalue weighted by Gasteiger charge is 2.35. The largest absolute Gasteiger partial charge is 0.494 e. The second-order valence-electron chi connectivity index (χ2n) is 6.87. The van der Waals surface area contributed by atoms with E-state index >= 15 is 0 Å². The molecule has 146 valence electrons. The fraction of sp³-hybridized carbons (Fsp3) is 0.318. The van der Waals surface area contributed by atoms with Crippen LogP contribution in [0.4, 0.5) is 11.4 Å². The van der Waals surface area contributed by atoms with Gasteiger partial charge >= 0.3 is 0 Å². The van der Waals surface area contributed by atoms with Crippen molar-refractivity contribution < 1.29 is 19.1 Å². The molecule has 2 aromatic rings. The van der Waals surface area contributed by atoms with Gasteiger partial charge in [0.25, 0.3) is 0 Å². The van der Waals surface area contributed by atoms with E-state index in [9.17, 15) is 14.4 Å². The van der Waals surface area contributed by atoms with Crippen molar-refractivity contribution in [2.75, 3.05) is 23.4 Å². The number of benzene rings is 2. The van der Waals surface area contributed by atoms with Gasteiger partial charge in [-0.05, 0) is 49.7 Å². The van der Waals surface area contributed by atoms with E-state index in [1.807, 2.05) is 31.2 Å². The molecule has 0 radical (unpaired) electrons. The summed E-state index contributed by atoms with van der Waals surface area (Å²) in [4.78, 5) is 38.1. The van der Waals surface area contributed by atoms with E-state index in [2.05, 4.69) is 5.32 Å².